The Hall–Kier alpha value is -3.41. The minimum atomic E-state index is -0.960. The fraction of sp³-hybridized carbons (Fsp3) is 0.320. The average molecular weight is 421 g/mol. The molecule has 0 radical (unpaired) electrons. The summed E-state index contributed by atoms with van der Waals surface area (Å²) in [6.07, 6.45) is -0.00547. The molecule has 2 unspecified atom stereocenters. The fourth-order valence-corrected chi connectivity index (χ4v) is 3.36. The third kappa shape index (κ3) is 5.02. The van der Waals surface area contributed by atoms with Gasteiger partial charge in [0.15, 0.2) is 6.10 Å². The number of nitrogens with zero attached hydrogens (tertiary/aromatic N) is 1. The summed E-state index contributed by atoms with van der Waals surface area (Å²) in [5.74, 6) is 0.00705. The van der Waals surface area contributed by atoms with E-state index in [2.05, 4.69) is 24.1 Å². The number of esters is 1. The molecule has 1 N–H and O–H groups in total. The highest BCUT2D eigenvalue weighted by atomic mass is 16.5. The Labute approximate surface area is 182 Å². The molecule has 0 saturated heterocycles. The molecule has 1 amide bonds. The van der Waals surface area contributed by atoms with Gasteiger partial charge in [-0.3, -0.25) is 9.78 Å². The second-order valence-corrected chi connectivity index (χ2v) is 7.61. The predicted molar refractivity (Wildman–Crippen MR) is 122 cm³/mol. The van der Waals surface area contributed by atoms with E-state index in [1.807, 2.05) is 36.4 Å². The number of benzene rings is 2. The normalized spacial score (nSPS) is 12.8. The number of fused-ring (bicyclic) bond motifs is 1. The number of pyridine rings is 1. The molecule has 1 aromatic heterocycles. The summed E-state index contributed by atoms with van der Waals surface area (Å²) in [6, 6.07) is 14.8. The molecule has 0 saturated carbocycles. The maximum atomic E-state index is 12.8. The lowest BCUT2D eigenvalue weighted by Gasteiger charge is -2.18. The van der Waals surface area contributed by atoms with Crippen LogP contribution in [0.4, 0.5) is 5.69 Å². The van der Waals surface area contributed by atoms with Crippen molar-refractivity contribution in [1.82, 2.24) is 4.98 Å². The van der Waals surface area contributed by atoms with Crippen LogP contribution in [0, 0.1) is 6.92 Å². The number of aromatic nitrogens is 1. The van der Waals surface area contributed by atoms with Crippen molar-refractivity contribution >= 4 is 28.5 Å². The van der Waals surface area contributed by atoms with E-state index in [0.717, 1.165) is 28.6 Å². The van der Waals surface area contributed by atoms with E-state index in [1.165, 1.54) is 0 Å². The summed E-state index contributed by atoms with van der Waals surface area (Å²) in [5, 5.41) is 3.65. The highest BCUT2D eigenvalue weighted by Crippen LogP contribution is 2.27. The Morgan fingerprint density at radius 2 is 1.84 bits per heavy atom. The standard InChI is InChI=1S/C25H28N2O4/c1-6-15(2)20-9-7-8-10-23(20)27-24(28)17(4)31-25(29)21-14-18-13-19(30-5)11-12-22(18)26-16(21)3/h7-15,17H,6H2,1-5H3,(H,27,28). The summed E-state index contributed by atoms with van der Waals surface area (Å²) in [4.78, 5) is 30.0. The Kier molecular flexibility index (Phi) is 6.90. The van der Waals surface area contributed by atoms with Crippen LogP contribution in [0.15, 0.2) is 48.5 Å². The Morgan fingerprint density at radius 1 is 1.10 bits per heavy atom. The molecular formula is C25H28N2O4. The lowest BCUT2D eigenvalue weighted by Crippen LogP contribution is -2.30. The maximum Gasteiger partial charge on any atom is 0.340 e. The van der Waals surface area contributed by atoms with Gasteiger partial charge in [-0.25, -0.2) is 4.79 Å². The van der Waals surface area contributed by atoms with Crippen LogP contribution in [0.1, 0.15) is 54.7 Å². The van der Waals surface area contributed by atoms with Crippen LogP contribution in [-0.4, -0.2) is 30.1 Å². The van der Waals surface area contributed by atoms with Crippen LogP contribution in [0.2, 0.25) is 0 Å². The lowest BCUT2D eigenvalue weighted by atomic mass is 9.97. The molecule has 162 valence electrons. The van der Waals surface area contributed by atoms with E-state index in [0.29, 0.717) is 22.9 Å². The predicted octanol–water partition coefficient (Wildman–Crippen LogP) is 5.25. The van der Waals surface area contributed by atoms with Crippen molar-refractivity contribution in [3.05, 3.63) is 65.4 Å². The van der Waals surface area contributed by atoms with Crippen LogP contribution in [0.25, 0.3) is 10.9 Å². The SMILES string of the molecule is CCC(C)c1ccccc1NC(=O)C(C)OC(=O)c1cc2cc(OC)ccc2nc1C. The van der Waals surface area contributed by atoms with Gasteiger partial charge in [-0.1, -0.05) is 32.0 Å². The van der Waals surface area contributed by atoms with Gasteiger partial charge < -0.3 is 14.8 Å². The summed E-state index contributed by atoms with van der Waals surface area (Å²) in [6.45, 7) is 7.52. The first-order chi connectivity index (χ1) is 14.8. The van der Waals surface area contributed by atoms with Crippen molar-refractivity contribution in [2.75, 3.05) is 12.4 Å². The van der Waals surface area contributed by atoms with E-state index in [-0.39, 0.29) is 5.91 Å². The van der Waals surface area contributed by atoms with Gasteiger partial charge in [-0.15, -0.1) is 0 Å². The number of rotatable bonds is 7. The van der Waals surface area contributed by atoms with Gasteiger partial charge in [0.05, 0.1) is 23.9 Å². The van der Waals surface area contributed by atoms with Gasteiger partial charge in [0, 0.05) is 11.1 Å². The van der Waals surface area contributed by atoms with Crippen LogP contribution in [-0.2, 0) is 9.53 Å². The monoisotopic (exact) mass is 420 g/mol. The zero-order valence-electron chi connectivity index (χ0n) is 18.6. The van der Waals surface area contributed by atoms with E-state index < -0.39 is 12.1 Å². The first-order valence-corrected chi connectivity index (χ1v) is 10.4. The summed E-state index contributed by atoms with van der Waals surface area (Å²) in [7, 11) is 1.58. The number of nitrogens with one attached hydrogen (secondary N) is 1. The average Bonchev–Trinajstić information content (AvgIpc) is 2.77. The van der Waals surface area contributed by atoms with Crippen LogP contribution in [0.3, 0.4) is 0 Å². The van der Waals surface area contributed by atoms with Crippen molar-refractivity contribution in [3.63, 3.8) is 0 Å². The van der Waals surface area contributed by atoms with Crippen LogP contribution in [0.5, 0.6) is 5.75 Å². The molecule has 1 heterocycles. The molecule has 3 aromatic rings. The molecule has 6 nitrogen and oxygen atoms in total. The number of aryl methyl sites for hydroxylation is 1. The van der Waals surface area contributed by atoms with Gasteiger partial charge >= 0.3 is 5.97 Å². The fourth-order valence-electron chi connectivity index (χ4n) is 3.36. The molecule has 0 aliphatic rings. The quantitative estimate of drug-likeness (QED) is 0.528. The number of amides is 1. The van der Waals surface area contributed by atoms with Gasteiger partial charge in [0.1, 0.15) is 5.75 Å². The van der Waals surface area contributed by atoms with Gasteiger partial charge in [0.25, 0.3) is 5.91 Å². The molecule has 0 fully saturated rings. The molecule has 0 aliphatic carbocycles. The number of hydrogen-bond donors (Lipinski definition) is 1. The molecule has 0 bridgehead atoms. The Balaban J connectivity index is 1.76. The number of hydrogen-bond acceptors (Lipinski definition) is 5. The number of ether oxygens (including phenoxy) is 2. The van der Waals surface area contributed by atoms with Crippen molar-refractivity contribution < 1.29 is 19.1 Å². The Morgan fingerprint density at radius 3 is 2.55 bits per heavy atom. The lowest BCUT2D eigenvalue weighted by molar-refractivity contribution is -0.123. The molecule has 0 spiro atoms. The zero-order valence-corrected chi connectivity index (χ0v) is 18.6. The third-order valence-electron chi connectivity index (χ3n) is 5.45. The number of para-hydroxylation sites is 1. The Bertz CT molecular complexity index is 1110. The van der Waals surface area contributed by atoms with Gasteiger partial charge in [-0.05, 0) is 62.1 Å². The van der Waals surface area contributed by atoms with Crippen molar-refractivity contribution in [2.24, 2.45) is 0 Å². The summed E-state index contributed by atoms with van der Waals surface area (Å²) >= 11 is 0. The highest BCUT2D eigenvalue weighted by Gasteiger charge is 2.22. The smallest absolute Gasteiger partial charge is 0.340 e. The zero-order chi connectivity index (χ0) is 22.5. The minimum Gasteiger partial charge on any atom is -0.497 e. The molecule has 2 atom stereocenters. The topological polar surface area (TPSA) is 77.5 Å². The van der Waals surface area contributed by atoms with Crippen molar-refractivity contribution in [1.29, 1.82) is 0 Å². The van der Waals surface area contributed by atoms with Crippen LogP contribution >= 0.6 is 0 Å². The van der Waals surface area contributed by atoms with Gasteiger partial charge in [-0.2, -0.15) is 0 Å². The molecule has 3 rings (SSSR count). The highest BCUT2D eigenvalue weighted by molar-refractivity contribution is 5.99. The first-order valence-electron chi connectivity index (χ1n) is 10.4. The second kappa shape index (κ2) is 9.60. The number of carbonyl (C=O) groups is 2. The largest absolute Gasteiger partial charge is 0.497 e. The molecule has 2 aromatic carbocycles. The van der Waals surface area contributed by atoms with Crippen molar-refractivity contribution in [3.8, 4) is 5.75 Å². The number of methoxy groups -OCH3 is 1. The molecule has 6 heteroatoms. The molecular weight excluding hydrogens is 392 g/mol. The van der Waals surface area contributed by atoms with E-state index in [9.17, 15) is 9.59 Å². The molecule has 31 heavy (non-hydrogen) atoms. The number of carbonyl (C=O) groups excluding carboxylic acids is 2. The summed E-state index contributed by atoms with van der Waals surface area (Å²) < 4.78 is 10.7. The minimum absolute atomic E-state index is 0.303. The second-order valence-electron chi connectivity index (χ2n) is 7.61. The van der Waals surface area contributed by atoms with Crippen LogP contribution < -0.4 is 10.1 Å². The third-order valence-corrected chi connectivity index (χ3v) is 5.45. The maximum absolute atomic E-state index is 12.8. The first kappa shape index (κ1) is 22.3. The van der Waals surface area contributed by atoms with Crippen molar-refractivity contribution in [2.45, 2.75) is 46.1 Å². The number of anilines is 1. The summed E-state index contributed by atoms with van der Waals surface area (Å²) in [5.41, 5.74) is 3.40. The van der Waals surface area contributed by atoms with Gasteiger partial charge in [0.2, 0.25) is 0 Å². The van der Waals surface area contributed by atoms with E-state index >= 15 is 0 Å². The molecule has 0 aliphatic heterocycles. The van der Waals surface area contributed by atoms with E-state index in [1.54, 1.807) is 33.1 Å². The van der Waals surface area contributed by atoms with E-state index in [4.69, 9.17) is 9.47 Å².